The van der Waals surface area contributed by atoms with E-state index in [9.17, 15) is 18.8 Å². The normalized spacial score (nSPS) is 25.4. The zero-order valence-electron chi connectivity index (χ0n) is 27.6. The Labute approximate surface area is 290 Å². The molecular formula is C38H43FN4O3S2. The van der Waals surface area contributed by atoms with Gasteiger partial charge in [0.25, 0.3) is 11.8 Å². The van der Waals surface area contributed by atoms with Gasteiger partial charge in [-0.05, 0) is 112 Å². The number of halogens is 1. The highest BCUT2D eigenvalue weighted by molar-refractivity contribution is 8.03. The van der Waals surface area contributed by atoms with Gasteiger partial charge in [-0.1, -0.05) is 36.9 Å². The number of rotatable bonds is 6. The molecule has 2 atom stereocenters. The third-order valence-corrected chi connectivity index (χ3v) is 12.9. The fraction of sp³-hybridized carbons (Fsp3) is 0.474. The second kappa shape index (κ2) is 14.2. The van der Waals surface area contributed by atoms with Gasteiger partial charge in [0.05, 0.1) is 17.5 Å². The van der Waals surface area contributed by atoms with Crippen molar-refractivity contribution in [1.82, 2.24) is 20.2 Å². The molecule has 4 heterocycles. The number of hydrogen-bond acceptors (Lipinski definition) is 6. The summed E-state index contributed by atoms with van der Waals surface area (Å²) >= 11 is 3.65. The molecule has 48 heavy (non-hydrogen) atoms. The summed E-state index contributed by atoms with van der Waals surface area (Å²) in [5.41, 5.74) is 3.48. The number of imide groups is 1. The monoisotopic (exact) mass is 686 g/mol. The molecule has 3 aromatic rings. The summed E-state index contributed by atoms with van der Waals surface area (Å²) in [6.07, 6.45) is 14.4. The van der Waals surface area contributed by atoms with Crippen LogP contribution in [0.15, 0.2) is 58.5 Å². The molecule has 2 fully saturated rings. The Morgan fingerprint density at radius 3 is 2.62 bits per heavy atom. The first-order valence-electron chi connectivity index (χ1n) is 17.3. The first-order chi connectivity index (χ1) is 23.2. The second-order valence-corrected chi connectivity index (χ2v) is 16.2. The van der Waals surface area contributed by atoms with Gasteiger partial charge in [-0.15, -0.1) is 0 Å². The SMILES string of the molecule is Cc1[nH]c2ccc(C(=O)NC3CCC(N4C(=O)c5cc(F)cnc5CC[C@H](C5CCSCC5)C4=O)CC3)cc2c1SC1=CCC(C)C=C1. The van der Waals surface area contributed by atoms with Gasteiger partial charge in [0.2, 0.25) is 5.91 Å². The van der Waals surface area contributed by atoms with Crippen LogP contribution in [0.3, 0.4) is 0 Å². The largest absolute Gasteiger partial charge is 0.358 e. The third kappa shape index (κ3) is 6.88. The number of fused-ring (bicyclic) bond motifs is 2. The number of thioether (sulfide) groups is 2. The van der Waals surface area contributed by atoms with Gasteiger partial charge in [0.1, 0.15) is 5.82 Å². The van der Waals surface area contributed by atoms with Crippen molar-refractivity contribution in [1.29, 1.82) is 0 Å². The molecule has 4 aliphatic rings. The Hall–Kier alpha value is -3.37. The van der Waals surface area contributed by atoms with Crippen LogP contribution in [0.25, 0.3) is 10.9 Å². The van der Waals surface area contributed by atoms with E-state index < -0.39 is 11.7 Å². The lowest BCUT2D eigenvalue weighted by Gasteiger charge is -2.40. The number of hydrogen-bond donors (Lipinski definition) is 2. The van der Waals surface area contributed by atoms with Crippen LogP contribution in [0.1, 0.15) is 90.4 Å². The molecule has 7 rings (SSSR count). The van der Waals surface area contributed by atoms with Crippen LogP contribution in [0.2, 0.25) is 0 Å². The molecule has 252 valence electrons. The van der Waals surface area contributed by atoms with Gasteiger partial charge in [-0.25, -0.2) is 4.39 Å². The van der Waals surface area contributed by atoms with Crippen LogP contribution < -0.4 is 5.32 Å². The summed E-state index contributed by atoms with van der Waals surface area (Å²) in [7, 11) is 0. The van der Waals surface area contributed by atoms with Gasteiger partial charge in [0.15, 0.2) is 0 Å². The molecule has 2 N–H and O–H groups in total. The molecular weight excluding hydrogens is 644 g/mol. The zero-order valence-corrected chi connectivity index (χ0v) is 29.2. The topological polar surface area (TPSA) is 95.2 Å². The molecule has 0 spiro atoms. The average Bonchev–Trinajstić information content (AvgIpc) is 3.40. The number of aryl methyl sites for hydroxylation is 2. The summed E-state index contributed by atoms with van der Waals surface area (Å²) in [4.78, 5) is 53.4. The molecule has 2 aromatic heterocycles. The van der Waals surface area contributed by atoms with Crippen molar-refractivity contribution in [2.24, 2.45) is 17.8 Å². The molecule has 3 amide bonds. The fourth-order valence-corrected chi connectivity index (χ4v) is 9.99. The number of nitrogens with zero attached hydrogens (tertiary/aromatic N) is 2. The van der Waals surface area contributed by atoms with E-state index in [0.717, 1.165) is 52.3 Å². The van der Waals surface area contributed by atoms with Gasteiger partial charge in [-0.2, -0.15) is 11.8 Å². The molecule has 10 heteroatoms. The Bertz CT molecular complexity index is 1790. The summed E-state index contributed by atoms with van der Waals surface area (Å²) in [5, 5.41) is 4.27. The van der Waals surface area contributed by atoms with E-state index in [2.05, 4.69) is 47.4 Å². The smallest absolute Gasteiger partial charge is 0.262 e. The van der Waals surface area contributed by atoms with Crippen LogP contribution in [-0.2, 0) is 11.2 Å². The number of amides is 3. The Morgan fingerprint density at radius 1 is 1.08 bits per heavy atom. The van der Waals surface area contributed by atoms with Crippen LogP contribution >= 0.6 is 23.5 Å². The second-order valence-electron chi connectivity index (χ2n) is 13.9. The molecule has 1 saturated heterocycles. The summed E-state index contributed by atoms with van der Waals surface area (Å²) in [5.74, 6) is 1.37. The van der Waals surface area contributed by atoms with Gasteiger partial charge in [0, 0.05) is 50.0 Å². The Balaban J connectivity index is 1.05. The number of nitrogens with one attached hydrogen (secondary N) is 2. The van der Waals surface area contributed by atoms with E-state index in [0.29, 0.717) is 55.7 Å². The van der Waals surface area contributed by atoms with Crippen LogP contribution in [0.4, 0.5) is 4.39 Å². The van der Waals surface area contributed by atoms with E-state index in [1.54, 1.807) is 11.8 Å². The number of allylic oxidation sites excluding steroid dienone is 3. The molecule has 1 unspecified atom stereocenters. The lowest BCUT2D eigenvalue weighted by Crippen LogP contribution is -2.52. The number of H-pyrrole nitrogens is 1. The first kappa shape index (κ1) is 33.1. The number of pyridine rings is 1. The van der Waals surface area contributed by atoms with Crippen molar-refractivity contribution in [3.8, 4) is 0 Å². The predicted octanol–water partition coefficient (Wildman–Crippen LogP) is 8.00. The van der Waals surface area contributed by atoms with E-state index in [-0.39, 0.29) is 41.3 Å². The molecule has 2 aliphatic carbocycles. The standard InChI is InChI=1S/C38H43FN4O3S2/c1-22-3-10-29(11-4-22)48-35-23(2)41-34-13-5-25(19-31(34)35)36(44)42-27-6-8-28(9-7-27)43-37(45)30(24-15-17-47-18-16-24)12-14-33-32(38(43)46)20-26(39)21-40-33/h3,5,10-11,13,19-22,24,27-28,30,41H,4,6-9,12,14-18H2,1-2H3,(H,42,44)/t22?,27?,28?,30-/m1/s1. The zero-order chi connectivity index (χ0) is 33.4. The van der Waals surface area contributed by atoms with Crippen LogP contribution in [-0.4, -0.2) is 56.2 Å². The van der Waals surface area contributed by atoms with Crippen LogP contribution in [0.5, 0.6) is 0 Å². The maximum absolute atomic E-state index is 14.3. The van der Waals surface area contributed by atoms with Crippen molar-refractivity contribution >= 4 is 52.1 Å². The molecule has 0 radical (unpaired) electrons. The van der Waals surface area contributed by atoms with E-state index in [4.69, 9.17) is 0 Å². The minimum atomic E-state index is -0.571. The quantitative estimate of drug-likeness (QED) is 0.255. The number of carbonyl (C=O) groups excluding carboxylic acids is 3. The Kier molecular flexibility index (Phi) is 9.83. The molecule has 0 bridgehead atoms. The summed E-state index contributed by atoms with van der Waals surface area (Å²) in [6, 6.07) is 6.69. The van der Waals surface area contributed by atoms with Gasteiger partial charge < -0.3 is 10.3 Å². The number of carbonyl (C=O) groups is 3. The Morgan fingerprint density at radius 2 is 1.88 bits per heavy atom. The highest BCUT2D eigenvalue weighted by Crippen LogP contribution is 2.39. The molecule has 1 aromatic carbocycles. The van der Waals surface area contributed by atoms with Crippen molar-refractivity contribution in [2.75, 3.05) is 11.5 Å². The van der Waals surface area contributed by atoms with Crippen LogP contribution in [0, 0.1) is 30.5 Å². The summed E-state index contributed by atoms with van der Waals surface area (Å²) < 4.78 is 14.3. The van der Waals surface area contributed by atoms with E-state index >= 15 is 0 Å². The van der Waals surface area contributed by atoms with Gasteiger partial charge in [-0.3, -0.25) is 24.3 Å². The molecule has 1 saturated carbocycles. The first-order valence-corrected chi connectivity index (χ1v) is 19.3. The lowest BCUT2D eigenvalue weighted by molar-refractivity contribution is -0.137. The maximum Gasteiger partial charge on any atom is 0.262 e. The number of aromatic amines is 1. The number of aromatic nitrogens is 2. The van der Waals surface area contributed by atoms with E-state index in [1.165, 1.54) is 22.1 Å². The van der Waals surface area contributed by atoms with Gasteiger partial charge >= 0.3 is 0 Å². The highest BCUT2D eigenvalue weighted by atomic mass is 32.2. The third-order valence-electron chi connectivity index (χ3n) is 10.6. The lowest BCUT2D eigenvalue weighted by atomic mass is 9.80. The highest BCUT2D eigenvalue weighted by Gasteiger charge is 2.42. The molecule has 7 nitrogen and oxygen atoms in total. The van der Waals surface area contributed by atoms with Crippen molar-refractivity contribution in [2.45, 2.75) is 88.6 Å². The fourth-order valence-electron chi connectivity index (χ4n) is 7.80. The maximum atomic E-state index is 14.3. The minimum Gasteiger partial charge on any atom is -0.358 e. The summed E-state index contributed by atoms with van der Waals surface area (Å²) in [6.45, 7) is 4.28. The van der Waals surface area contributed by atoms with Crippen molar-refractivity contribution in [3.63, 3.8) is 0 Å². The average molecular weight is 687 g/mol. The van der Waals surface area contributed by atoms with E-state index in [1.807, 2.05) is 30.0 Å². The minimum absolute atomic E-state index is 0.0664. The van der Waals surface area contributed by atoms with Crippen molar-refractivity contribution in [3.05, 3.63) is 81.9 Å². The molecule has 2 aliphatic heterocycles. The number of benzene rings is 1. The predicted molar refractivity (Wildman–Crippen MR) is 191 cm³/mol. The van der Waals surface area contributed by atoms with Crippen molar-refractivity contribution < 1.29 is 18.8 Å².